The van der Waals surface area contributed by atoms with Crippen LogP contribution in [0.15, 0.2) is 42.3 Å². The van der Waals surface area contributed by atoms with Gasteiger partial charge < -0.3 is 5.73 Å². The predicted octanol–water partition coefficient (Wildman–Crippen LogP) is 4.04. The van der Waals surface area contributed by atoms with Crippen molar-refractivity contribution in [1.82, 2.24) is 4.98 Å². The third kappa shape index (κ3) is 3.07. The van der Waals surface area contributed by atoms with E-state index in [-0.39, 0.29) is 5.92 Å². The summed E-state index contributed by atoms with van der Waals surface area (Å²) in [5, 5.41) is 2.65. The Balaban J connectivity index is 2.34. The molecule has 0 fully saturated rings. The monoisotopic (exact) mass is 356 g/mol. The Morgan fingerprint density at radius 3 is 2.65 bits per heavy atom. The van der Waals surface area contributed by atoms with E-state index in [1.54, 1.807) is 0 Å². The molecule has 1 atom stereocenters. The molecular weight excluding hydrogens is 343 g/mol. The number of nitrogens with two attached hydrogens (primary N) is 1. The Hall–Kier alpha value is -0.880. The summed E-state index contributed by atoms with van der Waals surface area (Å²) >= 11 is 3.79. The summed E-state index contributed by atoms with van der Waals surface area (Å²) in [4.78, 5) is 4.38. The van der Waals surface area contributed by atoms with Gasteiger partial charge in [-0.25, -0.2) is 4.98 Å². The minimum absolute atomic E-state index is 0.262. The Morgan fingerprint density at radius 2 is 2.12 bits per heavy atom. The molecule has 0 saturated carbocycles. The largest absolute Gasteiger partial charge is 0.375 e. The number of hydrogen-bond acceptors (Lipinski definition) is 3. The van der Waals surface area contributed by atoms with Crippen molar-refractivity contribution < 1.29 is 0 Å². The molecule has 0 aliphatic heterocycles. The van der Waals surface area contributed by atoms with Crippen LogP contribution in [-0.4, -0.2) is 4.98 Å². The number of nitrogen functional groups attached to an aromatic ring is 1. The van der Waals surface area contributed by atoms with Crippen molar-refractivity contribution in [3.8, 4) is 0 Å². The maximum Gasteiger partial charge on any atom is 0.180 e. The SMILES string of the molecule is C=CCC(c1ccc(I)cc1)c1csc(N)n1. The van der Waals surface area contributed by atoms with Crippen LogP contribution in [0.25, 0.3) is 0 Å². The van der Waals surface area contributed by atoms with Crippen molar-refractivity contribution >= 4 is 39.1 Å². The number of rotatable bonds is 4. The smallest absolute Gasteiger partial charge is 0.180 e. The van der Waals surface area contributed by atoms with E-state index in [9.17, 15) is 0 Å². The molecule has 0 saturated heterocycles. The third-order valence-corrected chi connectivity index (χ3v) is 3.98. The van der Waals surface area contributed by atoms with Crippen LogP contribution in [0.5, 0.6) is 0 Å². The maximum absolute atomic E-state index is 5.70. The van der Waals surface area contributed by atoms with Crippen LogP contribution in [0.1, 0.15) is 23.6 Å². The average Bonchev–Trinajstić information content (AvgIpc) is 2.74. The van der Waals surface area contributed by atoms with Crippen LogP contribution in [0.3, 0.4) is 0 Å². The second-order valence-electron chi connectivity index (χ2n) is 3.74. The van der Waals surface area contributed by atoms with Gasteiger partial charge in [0.25, 0.3) is 0 Å². The topological polar surface area (TPSA) is 38.9 Å². The number of aromatic nitrogens is 1. The maximum atomic E-state index is 5.70. The van der Waals surface area contributed by atoms with Gasteiger partial charge in [-0.1, -0.05) is 18.2 Å². The second-order valence-corrected chi connectivity index (χ2v) is 5.87. The van der Waals surface area contributed by atoms with Crippen molar-refractivity contribution in [3.63, 3.8) is 0 Å². The van der Waals surface area contributed by atoms with Gasteiger partial charge in [0.2, 0.25) is 0 Å². The van der Waals surface area contributed by atoms with Gasteiger partial charge in [-0.15, -0.1) is 17.9 Å². The molecular formula is C13H13IN2S. The summed E-state index contributed by atoms with van der Waals surface area (Å²) in [6, 6.07) is 8.51. The standard InChI is InChI=1S/C13H13IN2S/c1-2-3-11(12-8-17-13(15)16-12)9-4-6-10(14)7-5-9/h2,4-8,11H,1,3H2,(H2,15,16). The van der Waals surface area contributed by atoms with Crippen molar-refractivity contribution in [3.05, 3.63) is 57.1 Å². The molecule has 88 valence electrons. The summed E-state index contributed by atoms with van der Waals surface area (Å²) in [7, 11) is 0. The molecule has 1 unspecified atom stereocenters. The summed E-state index contributed by atoms with van der Waals surface area (Å²) in [5.41, 5.74) is 7.99. The Labute approximate surface area is 119 Å². The third-order valence-electron chi connectivity index (χ3n) is 2.57. The van der Waals surface area contributed by atoms with Gasteiger partial charge in [0.15, 0.2) is 5.13 Å². The van der Waals surface area contributed by atoms with E-state index in [4.69, 9.17) is 5.73 Å². The summed E-state index contributed by atoms with van der Waals surface area (Å²) in [6.07, 6.45) is 2.81. The molecule has 1 heterocycles. The number of halogens is 1. The van der Waals surface area contributed by atoms with E-state index in [0.29, 0.717) is 5.13 Å². The number of hydrogen-bond donors (Lipinski definition) is 1. The van der Waals surface area contributed by atoms with Gasteiger partial charge in [-0.05, 0) is 46.7 Å². The molecule has 2 nitrogen and oxygen atoms in total. The molecule has 0 amide bonds. The van der Waals surface area contributed by atoms with Crippen LogP contribution >= 0.6 is 33.9 Å². The van der Waals surface area contributed by atoms with E-state index >= 15 is 0 Å². The number of anilines is 1. The van der Waals surface area contributed by atoms with E-state index in [1.165, 1.54) is 20.5 Å². The molecule has 0 radical (unpaired) electrons. The fraction of sp³-hybridized carbons (Fsp3) is 0.154. The van der Waals surface area contributed by atoms with Gasteiger partial charge in [-0.3, -0.25) is 0 Å². The van der Waals surface area contributed by atoms with E-state index < -0.39 is 0 Å². The lowest BCUT2D eigenvalue weighted by Gasteiger charge is -2.13. The van der Waals surface area contributed by atoms with Crippen LogP contribution in [0.2, 0.25) is 0 Å². The number of allylic oxidation sites excluding steroid dienone is 1. The lowest BCUT2D eigenvalue weighted by molar-refractivity contribution is 0.804. The van der Waals surface area contributed by atoms with Crippen LogP contribution in [0, 0.1) is 3.57 Å². The van der Waals surface area contributed by atoms with Crippen molar-refractivity contribution in [2.24, 2.45) is 0 Å². The van der Waals surface area contributed by atoms with Gasteiger partial charge in [-0.2, -0.15) is 0 Å². The number of thiazole rings is 1. The van der Waals surface area contributed by atoms with Crippen LogP contribution in [-0.2, 0) is 0 Å². The quantitative estimate of drug-likeness (QED) is 0.663. The minimum atomic E-state index is 0.262. The first-order valence-electron chi connectivity index (χ1n) is 5.28. The zero-order valence-electron chi connectivity index (χ0n) is 9.27. The Morgan fingerprint density at radius 1 is 1.41 bits per heavy atom. The van der Waals surface area contributed by atoms with Crippen molar-refractivity contribution in [2.75, 3.05) is 5.73 Å². The lowest BCUT2D eigenvalue weighted by atomic mass is 9.93. The molecule has 0 spiro atoms. The zero-order valence-corrected chi connectivity index (χ0v) is 12.2. The number of nitrogens with zero attached hydrogens (tertiary/aromatic N) is 1. The summed E-state index contributed by atoms with van der Waals surface area (Å²) in [5.74, 6) is 0.262. The highest BCUT2D eigenvalue weighted by Crippen LogP contribution is 2.30. The molecule has 1 aromatic carbocycles. The normalized spacial score (nSPS) is 12.3. The molecule has 0 aliphatic rings. The van der Waals surface area contributed by atoms with E-state index in [0.717, 1.165) is 12.1 Å². The molecule has 1 aromatic heterocycles. The molecule has 4 heteroatoms. The van der Waals surface area contributed by atoms with Gasteiger partial charge in [0.1, 0.15) is 0 Å². The van der Waals surface area contributed by atoms with Crippen molar-refractivity contribution in [1.29, 1.82) is 0 Å². The van der Waals surface area contributed by atoms with Crippen molar-refractivity contribution in [2.45, 2.75) is 12.3 Å². The lowest BCUT2D eigenvalue weighted by Crippen LogP contribution is -2.01. The Kier molecular flexibility index (Phi) is 4.17. The fourth-order valence-electron chi connectivity index (χ4n) is 1.75. The van der Waals surface area contributed by atoms with E-state index in [1.807, 2.05) is 11.5 Å². The van der Waals surface area contributed by atoms with Crippen LogP contribution in [0.4, 0.5) is 5.13 Å². The highest BCUT2D eigenvalue weighted by Gasteiger charge is 2.15. The number of benzene rings is 1. The minimum Gasteiger partial charge on any atom is -0.375 e. The van der Waals surface area contributed by atoms with Crippen LogP contribution < -0.4 is 5.73 Å². The second kappa shape index (κ2) is 5.64. The highest BCUT2D eigenvalue weighted by atomic mass is 127. The zero-order chi connectivity index (χ0) is 12.3. The van der Waals surface area contributed by atoms with E-state index in [2.05, 4.69) is 58.4 Å². The van der Waals surface area contributed by atoms with Gasteiger partial charge in [0, 0.05) is 14.9 Å². The molecule has 2 aromatic rings. The first kappa shape index (κ1) is 12.6. The molecule has 2 N–H and O–H groups in total. The highest BCUT2D eigenvalue weighted by molar-refractivity contribution is 14.1. The molecule has 0 bridgehead atoms. The summed E-state index contributed by atoms with van der Waals surface area (Å²) in [6.45, 7) is 3.82. The Bertz CT molecular complexity index is 504. The average molecular weight is 356 g/mol. The van der Waals surface area contributed by atoms with Gasteiger partial charge >= 0.3 is 0 Å². The first-order valence-corrected chi connectivity index (χ1v) is 7.24. The summed E-state index contributed by atoms with van der Waals surface area (Å²) < 4.78 is 1.24. The van der Waals surface area contributed by atoms with Gasteiger partial charge in [0.05, 0.1) is 5.69 Å². The first-order chi connectivity index (χ1) is 8.20. The molecule has 2 rings (SSSR count). The molecule has 17 heavy (non-hydrogen) atoms. The fourth-order valence-corrected chi connectivity index (χ4v) is 2.73. The predicted molar refractivity (Wildman–Crippen MR) is 82.3 cm³/mol. The molecule has 0 aliphatic carbocycles.